The molecule has 0 fully saturated rings. The van der Waals surface area contributed by atoms with Crippen LogP contribution in [0.3, 0.4) is 0 Å². The molecule has 2 rings (SSSR count). The Morgan fingerprint density at radius 2 is 1.17 bits per heavy atom. The molecule has 0 amide bonds. The van der Waals surface area contributed by atoms with Gasteiger partial charge in [0.25, 0.3) is 0 Å². The Balaban J connectivity index is 1.63. The summed E-state index contributed by atoms with van der Waals surface area (Å²) in [6.45, 7) is 3.09. The monoisotopic (exact) mass is 388 g/mol. The number of unbranched alkanes of at least 4 members (excludes halogenated alkanes) is 7. The molecule has 2 aromatic carbocycles. The minimum atomic E-state index is 0.826. The van der Waals surface area contributed by atoms with Gasteiger partial charge in [-0.25, -0.2) is 0 Å². The largest absolute Gasteiger partial charge is 0.494 e. The first kappa shape index (κ1) is 19.1. The Bertz CT molecular complexity index is 560. The van der Waals surface area contributed by atoms with Gasteiger partial charge in [0.15, 0.2) is 0 Å². The average molecular weight is 389 g/mol. The molecule has 0 heterocycles. The molecule has 0 bridgehead atoms. The van der Waals surface area contributed by atoms with Gasteiger partial charge in [0.1, 0.15) is 5.75 Å². The average Bonchev–Trinajstić information content (AvgIpc) is 2.62. The van der Waals surface area contributed by atoms with Crippen molar-refractivity contribution in [1.29, 1.82) is 0 Å². The van der Waals surface area contributed by atoms with Gasteiger partial charge in [-0.05, 0) is 41.8 Å². The van der Waals surface area contributed by atoms with E-state index in [4.69, 9.17) is 4.74 Å². The summed E-state index contributed by atoms with van der Waals surface area (Å²) >= 11 is 3.47. The summed E-state index contributed by atoms with van der Waals surface area (Å²) in [5.74, 6) is 0.971. The van der Waals surface area contributed by atoms with Crippen LogP contribution in [-0.4, -0.2) is 6.61 Å². The van der Waals surface area contributed by atoms with Gasteiger partial charge in [-0.3, -0.25) is 0 Å². The maximum Gasteiger partial charge on any atom is 0.119 e. The van der Waals surface area contributed by atoms with Crippen molar-refractivity contribution in [2.75, 3.05) is 6.61 Å². The van der Waals surface area contributed by atoms with E-state index in [0.29, 0.717) is 0 Å². The molecule has 0 radical (unpaired) electrons. The van der Waals surface area contributed by atoms with E-state index in [1.165, 1.54) is 56.1 Å². The fourth-order valence-electron chi connectivity index (χ4n) is 2.81. The lowest BCUT2D eigenvalue weighted by atomic mass is 10.1. The zero-order valence-corrected chi connectivity index (χ0v) is 16.4. The number of ether oxygens (including phenoxy) is 1. The number of benzene rings is 2. The van der Waals surface area contributed by atoms with Crippen LogP contribution in [0, 0.1) is 0 Å². The maximum atomic E-state index is 5.85. The molecule has 2 heteroatoms. The van der Waals surface area contributed by atoms with E-state index in [9.17, 15) is 0 Å². The van der Waals surface area contributed by atoms with Crippen LogP contribution in [0.2, 0.25) is 0 Å². The molecular formula is C22H29BrO. The third-order valence-corrected chi connectivity index (χ3v) is 4.83. The number of halogens is 1. The third-order valence-electron chi connectivity index (χ3n) is 4.30. The van der Waals surface area contributed by atoms with Crippen molar-refractivity contribution in [2.24, 2.45) is 0 Å². The first-order chi connectivity index (χ1) is 11.8. The Kier molecular flexibility index (Phi) is 8.97. The zero-order valence-electron chi connectivity index (χ0n) is 14.8. The van der Waals surface area contributed by atoms with Crippen LogP contribution in [0.5, 0.6) is 5.75 Å². The molecular weight excluding hydrogens is 360 g/mol. The second-order valence-corrected chi connectivity index (χ2v) is 7.27. The van der Waals surface area contributed by atoms with Crippen LogP contribution in [0.15, 0.2) is 53.0 Å². The fraction of sp³-hybridized carbons (Fsp3) is 0.455. The molecule has 0 spiro atoms. The van der Waals surface area contributed by atoms with E-state index in [1.807, 2.05) is 0 Å². The molecule has 0 aliphatic rings. The van der Waals surface area contributed by atoms with Gasteiger partial charge in [-0.1, -0.05) is 92.1 Å². The Morgan fingerprint density at radius 3 is 1.75 bits per heavy atom. The molecule has 2 aromatic rings. The molecule has 0 N–H and O–H groups in total. The van der Waals surface area contributed by atoms with Crippen LogP contribution in [0.1, 0.15) is 58.3 Å². The van der Waals surface area contributed by atoms with Crippen molar-refractivity contribution < 1.29 is 4.74 Å². The fourth-order valence-corrected chi connectivity index (χ4v) is 3.08. The van der Waals surface area contributed by atoms with Crippen LogP contribution in [0.4, 0.5) is 0 Å². The predicted octanol–water partition coefficient (Wildman–Crippen LogP) is 7.64. The highest BCUT2D eigenvalue weighted by Gasteiger charge is 1.99. The van der Waals surface area contributed by atoms with Gasteiger partial charge in [0.2, 0.25) is 0 Å². The number of hydrogen-bond donors (Lipinski definition) is 0. The summed E-state index contributed by atoms with van der Waals surface area (Å²) < 4.78 is 6.96. The molecule has 24 heavy (non-hydrogen) atoms. The molecule has 0 unspecified atom stereocenters. The topological polar surface area (TPSA) is 9.23 Å². The van der Waals surface area contributed by atoms with Gasteiger partial charge in [-0.15, -0.1) is 0 Å². The van der Waals surface area contributed by atoms with Crippen molar-refractivity contribution >= 4 is 15.9 Å². The molecule has 130 valence electrons. The summed E-state index contributed by atoms with van der Waals surface area (Å²) in [4.78, 5) is 0. The van der Waals surface area contributed by atoms with E-state index in [1.54, 1.807) is 0 Å². The van der Waals surface area contributed by atoms with Crippen LogP contribution < -0.4 is 4.74 Å². The minimum absolute atomic E-state index is 0.826. The third kappa shape index (κ3) is 7.09. The molecule has 0 atom stereocenters. The normalized spacial score (nSPS) is 10.8. The van der Waals surface area contributed by atoms with E-state index < -0.39 is 0 Å². The van der Waals surface area contributed by atoms with Gasteiger partial charge >= 0.3 is 0 Å². The second kappa shape index (κ2) is 11.3. The highest BCUT2D eigenvalue weighted by atomic mass is 79.9. The van der Waals surface area contributed by atoms with Gasteiger partial charge in [0.05, 0.1) is 6.61 Å². The van der Waals surface area contributed by atoms with E-state index in [-0.39, 0.29) is 0 Å². The van der Waals surface area contributed by atoms with E-state index in [2.05, 4.69) is 71.4 Å². The maximum absolute atomic E-state index is 5.85. The smallest absolute Gasteiger partial charge is 0.119 e. The quantitative estimate of drug-likeness (QED) is 0.359. The van der Waals surface area contributed by atoms with Crippen LogP contribution in [0.25, 0.3) is 11.1 Å². The summed E-state index contributed by atoms with van der Waals surface area (Å²) in [5, 5.41) is 0. The lowest BCUT2D eigenvalue weighted by Gasteiger charge is -2.08. The van der Waals surface area contributed by atoms with Crippen molar-refractivity contribution in [3.63, 3.8) is 0 Å². The Hall–Kier alpha value is -1.28. The lowest BCUT2D eigenvalue weighted by Crippen LogP contribution is -1.97. The highest BCUT2D eigenvalue weighted by Crippen LogP contribution is 2.24. The molecule has 1 nitrogen and oxygen atoms in total. The van der Waals surface area contributed by atoms with Gasteiger partial charge in [-0.2, -0.15) is 0 Å². The van der Waals surface area contributed by atoms with Crippen molar-refractivity contribution in [1.82, 2.24) is 0 Å². The molecule has 0 saturated carbocycles. The van der Waals surface area contributed by atoms with E-state index in [0.717, 1.165) is 23.2 Å². The van der Waals surface area contributed by atoms with Crippen molar-refractivity contribution in [2.45, 2.75) is 58.3 Å². The summed E-state index contributed by atoms with van der Waals surface area (Å²) in [7, 11) is 0. The first-order valence-corrected chi connectivity index (χ1v) is 10.1. The number of hydrogen-bond acceptors (Lipinski definition) is 1. The van der Waals surface area contributed by atoms with Crippen LogP contribution in [-0.2, 0) is 0 Å². The van der Waals surface area contributed by atoms with Gasteiger partial charge < -0.3 is 4.74 Å². The molecule has 0 saturated heterocycles. The number of rotatable bonds is 11. The van der Waals surface area contributed by atoms with Crippen molar-refractivity contribution in [3.8, 4) is 16.9 Å². The molecule has 0 aromatic heterocycles. The van der Waals surface area contributed by atoms with E-state index >= 15 is 0 Å². The summed E-state index contributed by atoms with van der Waals surface area (Å²) in [6.07, 6.45) is 10.7. The standard InChI is InChI=1S/C22H29BrO/c1-2-3-4-5-6-7-8-9-18-24-22-16-12-20(13-17-22)19-10-14-21(23)15-11-19/h10-17H,2-9,18H2,1H3. The summed E-state index contributed by atoms with van der Waals surface area (Å²) in [5.41, 5.74) is 2.45. The lowest BCUT2D eigenvalue weighted by molar-refractivity contribution is 0.304. The van der Waals surface area contributed by atoms with Gasteiger partial charge in [0, 0.05) is 4.47 Å². The first-order valence-electron chi connectivity index (χ1n) is 9.28. The zero-order chi connectivity index (χ0) is 17.0. The Labute approximate surface area is 155 Å². The SMILES string of the molecule is CCCCCCCCCCOc1ccc(-c2ccc(Br)cc2)cc1. The molecule has 0 aliphatic heterocycles. The second-order valence-electron chi connectivity index (χ2n) is 6.35. The predicted molar refractivity (Wildman–Crippen MR) is 108 cm³/mol. The van der Waals surface area contributed by atoms with Crippen LogP contribution >= 0.6 is 15.9 Å². The highest BCUT2D eigenvalue weighted by molar-refractivity contribution is 9.10. The molecule has 0 aliphatic carbocycles. The van der Waals surface area contributed by atoms with Crippen molar-refractivity contribution in [3.05, 3.63) is 53.0 Å². The summed E-state index contributed by atoms with van der Waals surface area (Å²) in [6, 6.07) is 16.8. The Morgan fingerprint density at radius 1 is 0.667 bits per heavy atom. The minimum Gasteiger partial charge on any atom is -0.494 e.